The number of ether oxygens (including phenoxy) is 4. The molecule has 3 saturated heterocycles. The third-order valence-corrected chi connectivity index (χ3v) is 6.74. The molecule has 4 atom stereocenters. The van der Waals surface area contributed by atoms with Gasteiger partial charge in [0.2, 0.25) is 17.1 Å². The lowest BCUT2D eigenvalue weighted by molar-refractivity contribution is -0.330. The van der Waals surface area contributed by atoms with Gasteiger partial charge in [0.1, 0.15) is 6.10 Å². The smallest absolute Gasteiger partial charge is 0.218 e. The van der Waals surface area contributed by atoms with E-state index in [1.54, 1.807) is 12.1 Å². The van der Waals surface area contributed by atoms with E-state index in [1.807, 2.05) is 12.1 Å². The number of nitriles is 3. The van der Waals surface area contributed by atoms with Crippen LogP contribution in [0, 0.1) is 56.2 Å². The highest BCUT2D eigenvalue weighted by molar-refractivity contribution is 5.89. The molecule has 5 rings (SSSR count). The van der Waals surface area contributed by atoms with Crippen molar-refractivity contribution in [2.24, 2.45) is 16.7 Å². The molecule has 1 aromatic rings. The van der Waals surface area contributed by atoms with Crippen molar-refractivity contribution in [2.75, 3.05) is 13.2 Å². The summed E-state index contributed by atoms with van der Waals surface area (Å²) in [5.74, 6) is -3.36. The van der Waals surface area contributed by atoms with Crippen LogP contribution in [0.15, 0.2) is 24.5 Å². The Hall–Kier alpha value is -3.03. The summed E-state index contributed by atoms with van der Waals surface area (Å²) in [7, 11) is 0. The summed E-state index contributed by atoms with van der Waals surface area (Å²) in [5.41, 5.74) is -3.26. The highest BCUT2D eigenvalue weighted by atomic mass is 16.7. The van der Waals surface area contributed by atoms with Crippen LogP contribution in [0.2, 0.25) is 0 Å². The molecule has 1 N–H and O–H groups in total. The van der Waals surface area contributed by atoms with E-state index in [9.17, 15) is 15.8 Å². The number of rotatable bonds is 1. The molecule has 3 aliphatic heterocycles. The number of hydrogen-bond acceptors (Lipinski definition) is 9. The largest absolute Gasteiger partial charge is 0.447 e. The van der Waals surface area contributed by atoms with Gasteiger partial charge in [-0.3, -0.25) is 10.4 Å². The van der Waals surface area contributed by atoms with Crippen molar-refractivity contribution >= 4 is 5.90 Å². The molecule has 2 bridgehead atoms. The van der Waals surface area contributed by atoms with Crippen molar-refractivity contribution < 1.29 is 18.9 Å². The van der Waals surface area contributed by atoms with Gasteiger partial charge in [0.25, 0.3) is 0 Å². The normalized spacial score (nSPS) is 38.3. The lowest BCUT2D eigenvalue weighted by Gasteiger charge is -2.54. The van der Waals surface area contributed by atoms with Crippen molar-refractivity contribution in [3.63, 3.8) is 0 Å². The fourth-order valence-corrected chi connectivity index (χ4v) is 5.39. The first-order valence-corrected chi connectivity index (χ1v) is 9.39. The predicted molar refractivity (Wildman–Crippen MR) is 93.3 cm³/mol. The van der Waals surface area contributed by atoms with Gasteiger partial charge in [0.05, 0.1) is 37.3 Å². The summed E-state index contributed by atoms with van der Waals surface area (Å²) in [4.78, 5) is 3.98. The fourth-order valence-electron chi connectivity index (χ4n) is 5.39. The van der Waals surface area contributed by atoms with Gasteiger partial charge in [0.15, 0.2) is 11.2 Å². The molecule has 4 heterocycles. The molecular weight excluding hydrogens is 374 g/mol. The van der Waals surface area contributed by atoms with Crippen LogP contribution in [0.5, 0.6) is 0 Å². The van der Waals surface area contributed by atoms with Crippen LogP contribution < -0.4 is 0 Å². The average molecular weight is 391 g/mol. The molecule has 9 nitrogen and oxygen atoms in total. The van der Waals surface area contributed by atoms with E-state index >= 15 is 0 Å². The fraction of sp³-hybridized carbons (Fsp3) is 0.550. The van der Waals surface area contributed by atoms with Gasteiger partial charge in [-0.05, 0) is 17.7 Å². The van der Waals surface area contributed by atoms with Crippen LogP contribution in [0.1, 0.15) is 30.9 Å². The van der Waals surface area contributed by atoms with E-state index in [-0.39, 0.29) is 6.42 Å². The summed E-state index contributed by atoms with van der Waals surface area (Å²) < 4.78 is 23.9. The maximum absolute atomic E-state index is 10.3. The van der Waals surface area contributed by atoms with Crippen LogP contribution in [-0.4, -0.2) is 35.7 Å². The van der Waals surface area contributed by atoms with Gasteiger partial charge < -0.3 is 18.9 Å². The average Bonchev–Trinajstić information content (AvgIpc) is 3.28. The van der Waals surface area contributed by atoms with E-state index in [0.29, 0.717) is 31.6 Å². The molecule has 0 amide bonds. The number of pyridine rings is 1. The lowest BCUT2D eigenvalue weighted by atomic mass is 9.51. The van der Waals surface area contributed by atoms with E-state index in [0.717, 1.165) is 0 Å². The predicted octanol–water partition coefficient (Wildman–Crippen LogP) is 1.94. The highest BCUT2D eigenvalue weighted by Gasteiger charge is 2.82. The number of nitrogens with one attached hydrogen (secondary N) is 1. The van der Waals surface area contributed by atoms with Crippen molar-refractivity contribution in [3.8, 4) is 18.2 Å². The molecular formula is C20H17N5O4. The number of aromatic nitrogens is 1. The van der Waals surface area contributed by atoms with Gasteiger partial charge in [-0.1, -0.05) is 0 Å². The lowest BCUT2D eigenvalue weighted by Crippen LogP contribution is -2.63. The summed E-state index contributed by atoms with van der Waals surface area (Å²) in [6.07, 6.45) is 2.98. The highest BCUT2D eigenvalue weighted by Crippen LogP contribution is 2.70. The zero-order valence-corrected chi connectivity index (χ0v) is 15.4. The molecule has 4 aliphatic rings. The Labute approximate surface area is 166 Å². The topological polar surface area (TPSA) is 145 Å². The molecule has 0 radical (unpaired) electrons. The number of hydrogen-bond donors (Lipinski definition) is 1. The van der Waals surface area contributed by atoms with Crippen LogP contribution in [0.25, 0.3) is 0 Å². The van der Waals surface area contributed by atoms with E-state index in [1.165, 1.54) is 12.4 Å². The Morgan fingerprint density at radius 2 is 1.72 bits per heavy atom. The molecule has 1 saturated carbocycles. The van der Waals surface area contributed by atoms with Gasteiger partial charge in [0, 0.05) is 31.7 Å². The maximum Gasteiger partial charge on any atom is 0.218 e. The molecule has 1 aromatic heterocycles. The maximum atomic E-state index is 10.3. The van der Waals surface area contributed by atoms with Crippen LogP contribution >= 0.6 is 0 Å². The summed E-state index contributed by atoms with van der Waals surface area (Å²) >= 11 is 0. The third kappa shape index (κ3) is 1.96. The Morgan fingerprint density at radius 3 is 2.34 bits per heavy atom. The van der Waals surface area contributed by atoms with E-state index in [2.05, 4.69) is 11.1 Å². The monoisotopic (exact) mass is 391 g/mol. The second kappa shape index (κ2) is 5.75. The van der Waals surface area contributed by atoms with Crippen molar-refractivity contribution in [1.82, 2.24) is 4.98 Å². The standard InChI is InChI=1S/C20H17N5O4/c21-10-17(11-22)15(13-1-5-25-6-2-13)28-20-4-3-18(26-7-8-27-18)9-14(20)19(17,12-23)16(24)29-20/h1-2,5-6,14-15,24H,3-4,7-9H2. The summed E-state index contributed by atoms with van der Waals surface area (Å²) in [5, 5.41) is 39.3. The molecule has 4 unspecified atom stereocenters. The quantitative estimate of drug-likeness (QED) is 0.764. The Morgan fingerprint density at radius 1 is 1.03 bits per heavy atom. The first-order chi connectivity index (χ1) is 14.0. The van der Waals surface area contributed by atoms with Crippen molar-refractivity contribution in [3.05, 3.63) is 30.1 Å². The minimum absolute atomic E-state index is 0.205. The first-order valence-electron chi connectivity index (χ1n) is 9.39. The van der Waals surface area contributed by atoms with Crippen molar-refractivity contribution in [2.45, 2.75) is 36.9 Å². The minimum atomic E-state index is -1.98. The zero-order valence-electron chi connectivity index (χ0n) is 15.4. The molecule has 1 aliphatic carbocycles. The van der Waals surface area contributed by atoms with E-state index in [4.69, 9.17) is 24.4 Å². The van der Waals surface area contributed by atoms with Crippen LogP contribution in [0.3, 0.4) is 0 Å². The second-order valence-corrected chi connectivity index (χ2v) is 7.84. The number of nitrogens with zero attached hydrogens (tertiary/aromatic N) is 4. The molecule has 4 fully saturated rings. The third-order valence-electron chi connectivity index (χ3n) is 6.74. The van der Waals surface area contributed by atoms with Crippen molar-refractivity contribution in [1.29, 1.82) is 21.2 Å². The van der Waals surface area contributed by atoms with Crippen LogP contribution in [-0.2, 0) is 18.9 Å². The van der Waals surface area contributed by atoms with Gasteiger partial charge in [-0.2, -0.15) is 15.8 Å². The molecule has 9 heteroatoms. The molecule has 146 valence electrons. The zero-order chi connectivity index (χ0) is 20.3. The Kier molecular flexibility index (Phi) is 3.57. The van der Waals surface area contributed by atoms with Gasteiger partial charge >= 0.3 is 0 Å². The van der Waals surface area contributed by atoms with Gasteiger partial charge in [-0.25, -0.2) is 0 Å². The summed E-state index contributed by atoms with van der Waals surface area (Å²) in [6, 6.07) is 9.53. The molecule has 1 spiro atoms. The Bertz CT molecular complexity index is 988. The van der Waals surface area contributed by atoms with Crippen LogP contribution in [0.4, 0.5) is 0 Å². The Balaban J connectivity index is 1.73. The first kappa shape index (κ1) is 18.0. The van der Waals surface area contributed by atoms with Gasteiger partial charge in [-0.15, -0.1) is 0 Å². The minimum Gasteiger partial charge on any atom is -0.447 e. The molecule has 29 heavy (non-hydrogen) atoms. The SMILES string of the molecule is N#CC1(C#N)C(c2ccncc2)OC23CCC4(CC2C1(C#N)C(=N)O3)OCCO4. The molecule has 0 aromatic carbocycles. The van der Waals surface area contributed by atoms with E-state index < -0.39 is 40.3 Å². The summed E-state index contributed by atoms with van der Waals surface area (Å²) in [6.45, 7) is 0.861. The second-order valence-electron chi connectivity index (χ2n) is 7.84.